The van der Waals surface area contributed by atoms with E-state index in [-0.39, 0.29) is 5.91 Å². The van der Waals surface area contributed by atoms with Crippen LogP contribution in [-0.2, 0) is 6.54 Å². The fourth-order valence-electron chi connectivity index (χ4n) is 3.85. The van der Waals surface area contributed by atoms with Crippen molar-refractivity contribution in [2.24, 2.45) is 5.92 Å². The van der Waals surface area contributed by atoms with Gasteiger partial charge in [-0.2, -0.15) is 5.10 Å². The number of rotatable bonds is 6. The molecule has 2 heterocycles. The molecule has 29 heavy (non-hydrogen) atoms. The van der Waals surface area contributed by atoms with Gasteiger partial charge in [0.1, 0.15) is 0 Å². The van der Waals surface area contributed by atoms with Crippen molar-refractivity contribution in [3.8, 4) is 11.1 Å². The van der Waals surface area contributed by atoms with E-state index < -0.39 is 0 Å². The van der Waals surface area contributed by atoms with Gasteiger partial charge in [-0.3, -0.25) is 9.48 Å². The van der Waals surface area contributed by atoms with Crippen LogP contribution in [0.3, 0.4) is 0 Å². The Morgan fingerprint density at radius 2 is 2.00 bits per heavy atom. The van der Waals surface area contributed by atoms with Gasteiger partial charge >= 0.3 is 0 Å². The van der Waals surface area contributed by atoms with Gasteiger partial charge < -0.3 is 10.2 Å². The summed E-state index contributed by atoms with van der Waals surface area (Å²) in [6.07, 6.45) is 4.96. The summed E-state index contributed by atoms with van der Waals surface area (Å²) in [5.74, 6) is 0.467. The molecule has 5 heteroatoms. The number of nitrogens with one attached hydrogen (secondary N) is 1. The highest BCUT2D eigenvalue weighted by atomic mass is 16.1. The van der Waals surface area contributed by atoms with Crippen LogP contribution in [0.2, 0.25) is 0 Å². The quantitative estimate of drug-likeness (QED) is 0.691. The van der Waals surface area contributed by atoms with Crippen LogP contribution in [0, 0.1) is 12.8 Å². The molecule has 0 spiro atoms. The molecule has 0 radical (unpaired) electrons. The number of anilines is 1. The van der Waals surface area contributed by atoms with Gasteiger partial charge in [0.25, 0.3) is 5.91 Å². The molecule has 5 nitrogen and oxygen atoms in total. The smallest absolute Gasteiger partial charge is 0.251 e. The van der Waals surface area contributed by atoms with E-state index >= 15 is 0 Å². The number of aryl methyl sites for hydroxylation is 2. The third-order valence-electron chi connectivity index (χ3n) is 5.65. The number of carbonyl (C=O) groups is 1. The molecule has 1 aliphatic rings. The molecule has 3 aromatic rings. The maximum Gasteiger partial charge on any atom is 0.251 e. The second kappa shape index (κ2) is 8.52. The Kier molecular flexibility index (Phi) is 5.65. The van der Waals surface area contributed by atoms with Gasteiger partial charge in [0.05, 0.1) is 6.20 Å². The van der Waals surface area contributed by atoms with E-state index in [2.05, 4.69) is 53.4 Å². The fourth-order valence-corrected chi connectivity index (χ4v) is 3.85. The number of aromatic nitrogens is 2. The van der Waals surface area contributed by atoms with Crippen LogP contribution in [0.5, 0.6) is 0 Å². The molecule has 1 N–H and O–H groups in total. The summed E-state index contributed by atoms with van der Waals surface area (Å²) in [6.45, 7) is 7.74. The molecule has 0 saturated carbocycles. The summed E-state index contributed by atoms with van der Waals surface area (Å²) >= 11 is 0. The third kappa shape index (κ3) is 4.50. The van der Waals surface area contributed by atoms with E-state index in [0.29, 0.717) is 18.0 Å². The first-order valence-electron chi connectivity index (χ1n) is 10.3. The average Bonchev–Trinajstić information content (AvgIpc) is 3.42. The Labute approximate surface area is 172 Å². The second-order valence-corrected chi connectivity index (χ2v) is 7.81. The van der Waals surface area contributed by atoms with Gasteiger partial charge in [-0.05, 0) is 56.0 Å². The lowest BCUT2D eigenvalue weighted by Crippen LogP contribution is -2.31. The SMILES string of the molecule is CCn1cc(-c2cccc(C(=O)NC[C@H]3CCN(c4ccc(C)cc4)C3)c2)cn1. The van der Waals surface area contributed by atoms with Gasteiger partial charge in [-0.25, -0.2) is 0 Å². The minimum absolute atomic E-state index is 0.0106. The van der Waals surface area contributed by atoms with Crippen molar-refractivity contribution in [1.82, 2.24) is 15.1 Å². The number of benzene rings is 2. The molecule has 1 amide bonds. The highest BCUT2D eigenvalue weighted by Crippen LogP contribution is 2.24. The zero-order chi connectivity index (χ0) is 20.2. The van der Waals surface area contributed by atoms with Crippen molar-refractivity contribution >= 4 is 11.6 Å². The molecule has 1 fully saturated rings. The van der Waals surface area contributed by atoms with Crippen LogP contribution in [0.15, 0.2) is 60.9 Å². The fraction of sp³-hybridized carbons (Fsp3) is 0.333. The highest BCUT2D eigenvalue weighted by molar-refractivity contribution is 5.95. The molecule has 1 atom stereocenters. The van der Waals surface area contributed by atoms with Gasteiger partial charge in [-0.1, -0.05) is 29.8 Å². The molecule has 0 aliphatic carbocycles. The first kappa shape index (κ1) is 19.2. The average molecular weight is 389 g/mol. The second-order valence-electron chi connectivity index (χ2n) is 7.81. The molecule has 1 saturated heterocycles. The maximum absolute atomic E-state index is 12.7. The standard InChI is InChI=1S/C24H28N4O/c1-3-28-17-22(15-26-28)20-5-4-6-21(13-20)24(29)25-14-19-11-12-27(16-19)23-9-7-18(2)8-10-23/h4-10,13,15,17,19H,3,11-12,14,16H2,1-2H3,(H,25,29)/t19-/m1/s1. The monoisotopic (exact) mass is 388 g/mol. The lowest BCUT2D eigenvalue weighted by molar-refractivity contribution is 0.0948. The molecule has 0 bridgehead atoms. The van der Waals surface area contributed by atoms with Crippen LogP contribution < -0.4 is 10.2 Å². The molecule has 0 unspecified atom stereocenters. The number of nitrogens with zero attached hydrogens (tertiary/aromatic N) is 3. The van der Waals surface area contributed by atoms with Crippen molar-refractivity contribution in [2.45, 2.75) is 26.8 Å². The van der Waals surface area contributed by atoms with E-state index in [4.69, 9.17) is 0 Å². The van der Waals surface area contributed by atoms with Crippen molar-refractivity contribution < 1.29 is 4.79 Å². The molecule has 2 aromatic carbocycles. The third-order valence-corrected chi connectivity index (χ3v) is 5.65. The zero-order valence-corrected chi connectivity index (χ0v) is 17.1. The molecule has 4 rings (SSSR count). The van der Waals surface area contributed by atoms with E-state index in [1.54, 1.807) is 0 Å². The van der Waals surface area contributed by atoms with Crippen LogP contribution in [-0.4, -0.2) is 35.3 Å². The Morgan fingerprint density at radius 3 is 2.76 bits per heavy atom. The Morgan fingerprint density at radius 1 is 1.17 bits per heavy atom. The normalized spacial score (nSPS) is 16.2. The number of hydrogen-bond donors (Lipinski definition) is 1. The molecule has 1 aromatic heterocycles. The van der Waals surface area contributed by atoms with Gasteiger partial charge in [0, 0.05) is 49.2 Å². The molecular weight excluding hydrogens is 360 g/mol. The predicted octanol–water partition coefficient (Wildman–Crippen LogP) is 4.13. The van der Waals surface area contributed by atoms with E-state index in [9.17, 15) is 4.79 Å². The van der Waals surface area contributed by atoms with Crippen molar-refractivity contribution in [3.05, 3.63) is 72.1 Å². The van der Waals surface area contributed by atoms with Gasteiger partial charge in [-0.15, -0.1) is 0 Å². The summed E-state index contributed by atoms with van der Waals surface area (Å²) in [4.78, 5) is 15.1. The topological polar surface area (TPSA) is 50.2 Å². The van der Waals surface area contributed by atoms with Crippen molar-refractivity contribution in [1.29, 1.82) is 0 Å². The maximum atomic E-state index is 12.7. The van der Waals surface area contributed by atoms with Crippen LogP contribution >= 0.6 is 0 Å². The minimum Gasteiger partial charge on any atom is -0.371 e. The summed E-state index contributed by atoms with van der Waals surface area (Å²) in [5.41, 5.74) is 5.29. The first-order chi connectivity index (χ1) is 14.1. The predicted molar refractivity (Wildman–Crippen MR) is 117 cm³/mol. The van der Waals surface area contributed by atoms with E-state index in [0.717, 1.165) is 37.2 Å². The minimum atomic E-state index is -0.0106. The number of amides is 1. The van der Waals surface area contributed by atoms with Crippen LogP contribution in [0.25, 0.3) is 11.1 Å². The molecule has 1 aliphatic heterocycles. The summed E-state index contributed by atoms with van der Waals surface area (Å²) in [5, 5.41) is 7.45. The highest BCUT2D eigenvalue weighted by Gasteiger charge is 2.23. The van der Waals surface area contributed by atoms with E-state index in [1.807, 2.05) is 41.3 Å². The number of hydrogen-bond acceptors (Lipinski definition) is 3. The van der Waals surface area contributed by atoms with Crippen LogP contribution in [0.1, 0.15) is 29.3 Å². The zero-order valence-electron chi connectivity index (χ0n) is 17.1. The van der Waals surface area contributed by atoms with Crippen molar-refractivity contribution in [2.75, 3.05) is 24.5 Å². The van der Waals surface area contributed by atoms with E-state index in [1.165, 1.54) is 11.3 Å². The number of carbonyl (C=O) groups excluding carboxylic acids is 1. The largest absolute Gasteiger partial charge is 0.371 e. The van der Waals surface area contributed by atoms with Crippen LogP contribution in [0.4, 0.5) is 5.69 Å². The summed E-state index contributed by atoms with van der Waals surface area (Å²) in [6, 6.07) is 16.4. The Bertz CT molecular complexity index is 977. The lowest BCUT2D eigenvalue weighted by Gasteiger charge is -2.19. The summed E-state index contributed by atoms with van der Waals surface area (Å²) in [7, 11) is 0. The van der Waals surface area contributed by atoms with Gasteiger partial charge in [0.2, 0.25) is 0 Å². The van der Waals surface area contributed by atoms with Crippen molar-refractivity contribution in [3.63, 3.8) is 0 Å². The summed E-state index contributed by atoms with van der Waals surface area (Å²) < 4.78 is 1.89. The Balaban J connectivity index is 1.34. The Hall–Kier alpha value is -3.08. The molecule has 150 valence electrons. The molecular formula is C24H28N4O. The lowest BCUT2D eigenvalue weighted by atomic mass is 10.1. The van der Waals surface area contributed by atoms with Gasteiger partial charge in [0.15, 0.2) is 0 Å². The first-order valence-corrected chi connectivity index (χ1v) is 10.3.